The van der Waals surface area contributed by atoms with Crippen LogP contribution in [-0.2, 0) is 0 Å². The van der Waals surface area contributed by atoms with Crippen molar-refractivity contribution in [3.8, 4) is 0 Å². The average Bonchev–Trinajstić information content (AvgIpc) is 2.42. The van der Waals surface area contributed by atoms with Gasteiger partial charge in [0.15, 0.2) is 0 Å². The summed E-state index contributed by atoms with van der Waals surface area (Å²) in [5.74, 6) is 0. The van der Waals surface area contributed by atoms with Gasteiger partial charge in [-0.3, -0.25) is 14.8 Å². The van der Waals surface area contributed by atoms with Gasteiger partial charge in [0.2, 0.25) is 0 Å². The van der Waals surface area contributed by atoms with E-state index in [1.54, 1.807) is 6.20 Å². The molecule has 2 heterocycles. The first-order valence-electron chi connectivity index (χ1n) is 6.44. The molecular weight excluding hydrogens is 230 g/mol. The molecule has 100 valence electrons. The highest BCUT2D eigenvalue weighted by Gasteiger charge is 2.19. The third kappa shape index (κ3) is 3.74. The van der Waals surface area contributed by atoms with Crippen molar-refractivity contribution in [3.05, 3.63) is 30.1 Å². The van der Waals surface area contributed by atoms with Gasteiger partial charge in [-0.25, -0.2) is 0 Å². The Morgan fingerprint density at radius 3 is 2.50 bits per heavy atom. The first kappa shape index (κ1) is 13.4. The van der Waals surface area contributed by atoms with E-state index in [2.05, 4.69) is 14.8 Å². The first-order chi connectivity index (χ1) is 8.79. The van der Waals surface area contributed by atoms with E-state index in [9.17, 15) is 5.11 Å². The minimum atomic E-state index is -0.518. The zero-order chi connectivity index (χ0) is 12.8. The molecule has 5 heteroatoms. The van der Waals surface area contributed by atoms with E-state index >= 15 is 0 Å². The van der Waals surface area contributed by atoms with E-state index in [1.165, 1.54) is 0 Å². The maximum atomic E-state index is 10.1. The zero-order valence-corrected chi connectivity index (χ0v) is 10.6. The SMILES string of the molecule is OCCN1CCN(CC(O)c2ccccn2)CC1. The van der Waals surface area contributed by atoms with Crippen LogP contribution in [0.4, 0.5) is 0 Å². The van der Waals surface area contributed by atoms with Crippen LogP contribution in [0.2, 0.25) is 0 Å². The smallest absolute Gasteiger partial charge is 0.109 e. The van der Waals surface area contributed by atoms with Gasteiger partial charge in [-0.05, 0) is 12.1 Å². The Hall–Kier alpha value is -1.01. The van der Waals surface area contributed by atoms with Gasteiger partial charge in [-0.2, -0.15) is 0 Å². The fourth-order valence-electron chi connectivity index (χ4n) is 2.25. The molecule has 0 amide bonds. The molecule has 0 aromatic carbocycles. The molecule has 1 saturated heterocycles. The Morgan fingerprint density at radius 1 is 1.17 bits per heavy atom. The average molecular weight is 251 g/mol. The van der Waals surface area contributed by atoms with E-state index in [1.807, 2.05) is 18.2 Å². The summed E-state index contributed by atoms with van der Waals surface area (Å²) < 4.78 is 0. The molecule has 1 aliphatic rings. The minimum absolute atomic E-state index is 0.219. The number of rotatable bonds is 5. The molecule has 2 rings (SSSR count). The maximum Gasteiger partial charge on any atom is 0.109 e. The molecule has 1 unspecified atom stereocenters. The molecule has 1 aromatic heterocycles. The van der Waals surface area contributed by atoms with Crippen LogP contribution in [-0.4, -0.2) is 70.9 Å². The van der Waals surface area contributed by atoms with Gasteiger partial charge in [0.1, 0.15) is 6.10 Å². The second-order valence-electron chi connectivity index (χ2n) is 4.64. The summed E-state index contributed by atoms with van der Waals surface area (Å²) in [6.45, 7) is 5.37. The second kappa shape index (κ2) is 6.80. The number of hydrogen-bond acceptors (Lipinski definition) is 5. The normalized spacial score (nSPS) is 19.9. The largest absolute Gasteiger partial charge is 0.395 e. The number of aliphatic hydroxyl groups excluding tert-OH is 2. The van der Waals surface area contributed by atoms with Crippen molar-refractivity contribution in [3.63, 3.8) is 0 Å². The van der Waals surface area contributed by atoms with Crippen LogP contribution in [0.1, 0.15) is 11.8 Å². The Balaban J connectivity index is 1.78. The van der Waals surface area contributed by atoms with Crippen LogP contribution in [0.25, 0.3) is 0 Å². The third-order valence-corrected chi connectivity index (χ3v) is 3.34. The lowest BCUT2D eigenvalue weighted by molar-refractivity contribution is 0.0644. The summed E-state index contributed by atoms with van der Waals surface area (Å²) in [4.78, 5) is 8.65. The first-order valence-corrected chi connectivity index (χ1v) is 6.44. The molecule has 0 radical (unpaired) electrons. The van der Waals surface area contributed by atoms with Gasteiger partial charge in [-0.15, -0.1) is 0 Å². The summed E-state index contributed by atoms with van der Waals surface area (Å²) in [6, 6.07) is 5.60. The number of hydrogen-bond donors (Lipinski definition) is 2. The molecule has 5 nitrogen and oxygen atoms in total. The Morgan fingerprint density at radius 2 is 1.89 bits per heavy atom. The standard InChI is InChI=1S/C13H21N3O2/c17-10-9-15-5-7-16(8-6-15)11-13(18)12-3-1-2-4-14-12/h1-4,13,17-18H,5-11H2. The van der Waals surface area contributed by atoms with Crippen LogP contribution in [0.5, 0.6) is 0 Å². The minimum Gasteiger partial charge on any atom is -0.395 e. The van der Waals surface area contributed by atoms with Gasteiger partial charge >= 0.3 is 0 Å². The molecule has 0 spiro atoms. The lowest BCUT2D eigenvalue weighted by Crippen LogP contribution is -2.48. The van der Waals surface area contributed by atoms with Crippen molar-refractivity contribution >= 4 is 0 Å². The molecule has 18 heavy (non-hydrogen) atoms. The molecule has 2 N–H and O–H groups in total. The molecule has 0 aliphatic carbocycles. The topological polar surface area (TPSA) is 59.8 Å². The van der Waals surface area contributed by atoms with Crippen molar-refractivity contribution in [1.82, 2.24) is 14.8 Å². The monoisotopic (exact) mass is 251 g/mol. The number of pyridine rings is 1. The highest BCUT2D eigenvalue weighted by atomic mass is 16.3. The van der Waals surface area contributed by atoms with Crippen molar-refractivity contribution in [2.24, 2.45) is 0 Å². The molecular formula is C13H21N3O2. The van der Waals surface area contributed by atoms with Gasteiger partial charge in [0, 0.05) is 45.5 Å². The summed E-state index contributed by atoms with van der Waals surface area (Å²) in [6.07, 6.45) is 1.19. The molecule has 0 saturated carbocycles. The van der Waals surface area contributed by atoms with Crippen molar-refractivity contribution in [2.75, 3.05) is 45.9 Å². The lowest BCUT2D eigenvalue weighted by atomic mass is 10.2. The number of nitrogens with zero attached hydrogens (tertiary/aromatic N) is 3. The number of β-amino-alcohol motifs (C(OH)–C–C–N with tert-alkyl or cyclic N) is 2. The molecule has 1 aromatic rings. The van der Waals surface area contributed by atoms with E-state index in [0.29, 0.717) is 6.54 Å². The molecule has 0 bridgehead atoms. The summed E-state index contributed by atoms with van der Waals surface area (Å²) in [7, 11) is 0. The quantitative estimate of drug-likeness (QED) is 0.754. The van der Waals surface area contributed by atoms with Crippen LogP contribution in [0.3, 0.4) is 0 Å². The van der Waals surface area contributed by atoms with E-state index in [4.69, 9.17) is 5.11 Å². The maximum absolute atomic E-state index is 10.1. The Bertz CT molecular complexity index is 339. The molecule has 1 fully saturated rings. The van der Waals surface area contributed by atoms with E-state index < -0.39 is 6.10 Å². The van der Waals surface area contributed by atoms with Crippen molar-refractivity contribution in [2.45, 2.75) is 6.10 Å². The molecule has 1 atom stereocenters. The Labute approximate surface area is 108 Å². The lowest BCUT2D eigenvalue weighted by Gasteiger charge is -2.35. The van der Waals surface area contributed by atoms with Crippen LogP contribution < -0.4 is 0 Å². The van der Waals surface area contributed by atoms with Crippen LogP contribution in [0.15, 0.2) is 24.4 Å². The van der Waals surface area contributed by atoms with Crippen molar-refractivity contribution < 1.29 is 10.2 Å². The fraction of sp³-hybridized carbons (Fsp3) is 0.615. The van der Waals surface area contributed by atoms with Crippen LogP contribution in [0, 0.1) is 0 Å². The number of aromatic nitrogens is 1. The van der Waals surface area contributed by atoms with E-state index in [-0.39, 0.29) is 6.61 Å². The van der Waals surface area contributed by atoms with Gasteiger partial charge < -0.3 is 10.2 Å². The predicted octanol–water partition coefficient (Wildman–Crippen LogP) is -0.275. The summed E-state index contributed by atoms with van der Waals surface area (Å²) >= 11 is 0. The third-order valence-electron chi connectivity index (χ3n) is 3.34. The highest BCUT2D eigenvalue weighted by Crippen LogP contribution is 2.12. The number of piperazine rings is 1. The highest BCUT2D eigenvalue weighted by molar-refractivity contribution is 5.07. The van der Waals surface area contributed by atoms with Gasteiger partial charge in [-0.1, -0.05) is 6.07 Å². The van der Waals surface area contributed by atoms with Crippen LogP contribution >= 0.6 is 0 Å². The Kier molecular flexibility index (Phi) is 5.07. The summed E-state index contributed by atoms with van der Waals surface area (Å²) in [5.41, 5.74) is 0.732. The summed E-state index contributed by atoms with van der Waals surface area (Å²) in [5, 5.41) is 19.0. The fourth-order valence-corrected chi connectivity index (χ4v) is 2.25. The zero-order valence-electron chi connectivity index (χ0n) is 10.6. The molecule has 1 aliphatic heterocycles. The second-order valence-corrected chi connectivity index (χ2v) is 4.64. The van der Waals surface area contributed by atoms with Gasteiger partial charge in [0.05, 0.1) is 12.3 Å². The van der Waals surface area contributed by atoms with Crippen molar-refractivity contribution in [1.29, 1.82) is 0 Å². The predicted molar refractivity (Wildman–Crippen MR) is 69.2 cm³/mol. The van der Waals surface area contributed by atoms with Gasteiger partial charge in [0.25, 0.3) is 0 Å². The van der Waals surface area contributed by atoms with E-state index in [0.717, 1.165) is 38.4 Å². The number of aliphatic hydroxyl groups is 2.